The molecule has 35 heavy (non-hydrogen) atoms. The Morgan fingerprint density at radius 3 is 2.46 bits per heavy atom. The van der Waals surface area contributed by atoms with Gasteiger partial charge in [0.1, 0.15) is 6.10 Å². The van der Waals surface area contributed by atoms with Crippen LogP contribution in [0.2, 0.25) is 0 Å². The van der Waals surface area contributed by atoms with Crippen LogP contribution < -0.4 is 5.32 Å². The average Bonchev–Trinajstić information content (AvgIpc) is 2.89. The van der Waals surface area contributed by atoms with Crippen LogP contribution in [0.1, 0.15) is 49.3 Å². The summed E-state index contributed by atoms with van der Waals surface area (Å²) in [7, 11) is 0. The van der Waals surface area contributed by atoms with Crippen LogP contribution in [0, 0.1) is 5.92 Å². The maximum absolute atomic E-state index is 13.2. The van der Waals surface area contributed by atoms with Crippen molar-refractivity contribution < 1.29 is 24.2 Å². The van der Waals surface area contributed by atoms with Crippen LogP contribution in [0.5, 0.6) is 0 Å². The Balaban J connectivity index is 1.72. The lowest BCUT2D eigenvalue weighted by Gasteiger charge is -2.25. The standard InChI is InChI=1S/C28H34N2O5/c31-18-17-30(21-22-11-5-3-6-12-22)26(32)19-24-15-7-1-2-10-16-27(33)35-25(20-29-28(24)34)23-13-8-4-9-14-23/h1,3-9,11-14,24-25,31H,2,10,15-21H2,(H,29,34)/t24-,25+/m1/s1. The summed E-state index contributed by atoms with van der Waals surface area (Å²) in [4.78, 5) is 40.2. The Bertz CT molecular complexity index is 977. The molecule has 7 nitrogen and oxygen atoms in total. The van der Waals surface area contributed by atoms with Gasteiger partial charge in [-0.15, -0.1) is 0 Å². The van der Waals surface area contributed by atoms with Gasteiger partial charge in [-0.05, 0) is 30.4 Å². The topological polar surface area (TPSA) is 95.9 Å². The highest BCUT2D eigenvalue weighted by Crippen LogP contribution is 2.20. The average molecular weight is 479 g/mol. The van der Waals surface area contributed by atoms with Crippen molar-refractivity contribution in [1.82, 2.24) is 10.2 Å². The second kappa shape index (κ2) is 14.1. The molecule has 0 fully saturated rings. The molecule has 2 amide bonds. The number of hydrogen-bond donors (Lipinski definition) is 2. The fraction of sp³-hybridized carbons (Fsp3) is 0.393. The van der Waals surface area contributed by atoms with E-state index in [0.29, 0.717) is 32.2 Å². The van der Waals surface area contributed by atoms with E-state index in [1.165, 1.54) is 0 Å². The van der Waals surface area contributed by atoms with Gasteiger partial charge in [0.05, 0.1) is 19.1 Å². The summed E-state index contributed by atoms with van der Waals surface area (Å²) in [6.45, 7) is 0.549. The van der Waals surface area contributed by atoms with Gasteiger partial charge in [-0.3, -0.25) is 14.4 Å². The molecule has 0 bridgehead atoms. The third-order valence-electron chi connectivity index (χ3n) is 5.98. The lowest BCUT2D eigenvalue weighted by molar-refractivity contribution is -0.150. The summed E-state index contributed by atoms with van der Waals surface area (Å²) in [5, 5.41) is 12.4. The van der Waals surface area contributed by atoms with Crippen molar-refractivity contribution in [3.63, 3.8) is 0 Å². The van der Waals surface area contributed by atoms with Gasteiger partial charge in [-0.2, -0.15) is 0 Å². The molecule has 7 heteroatoms. The number of aliphatic hydroxyl groups excluding tert-OH is 1. The van der Waals surface area contributed by atoms with Crippen LogP contribution in [-0.2, 0) is 25.7 Å². The van der Waals surface area contributed by atoms with Gasteiger partial charge in [0, 0.05) is 25.9 Å². The van der Waals surface area contributed by atoms with E-state index in [2.05, 4.69) is 5.32 Å². The van der Waals surface area contributed by atoms with E-state index in [1.54, 1.807) is 4.90 Å². The van der Waals surface area contributed by atoms with Crippen molar-refractivity contribution in [3.8, 4) is 0 Å². The Hall–Kier alpha value is -3.45. The highest BCUT2D eigenvalue weighted by atomic mass is 16.5. The number of rotatable bonds is 7. The molecule has 0 aromatic heterocycles. The van der Waals surface area contributed by atoms with Crippen LogP contribution in [-0.4, -0.2) is 47.5 Å². The molecule has 0 spiro atoms. The molecule has 0 unspecified atom stereocenters. The van der Waals surface area contributed by atoms with E-state index in [-0.39, 0.29) is 43.9 Å². The van der Waals surface area contributed by atoms with E-state index in [0.717, 1.165) is 11.1 Å². The monoisotopic (exact) mass is 478 g/mol. The molecule has 1 heterocycles. The molecule has 2 N–H and O–H groups in total. The summed E-state index contributed by atoms with van der Waals surface area (Å²) in [5.74, 6) is -1.31. The largest absolute Gasteiger partial charge is 0.456 e. The molecule has 0 radical (unpaired) electrons. The maximum Gasteiger partial charge on any atom is 0.306 e. The fourth-order valence-electron chi connectivity index (χ4n) is 4.03. The van der Waals surface area contributed by atoms with Crippen molar-refractivity contribution in [2.45, 2.75) is 44.8 Å². The number of benzene rings is 2. The molecule has 0 aliphatic carbocycles. The van der Waals surface area contributed by atoms with Gasteiger partial charge >= 0.3 is 5.97 Å². The van der Waals surface area contributed by atoms with E-state index in [4.69, 9.17) is 4.74 Å². The quantitative estimate of drug-likeness (QED) is 0.469. The summed E-state index contributed by atoms with van der Waals surface area (Å²) in [6.07, 6.45) is 5.35. The third kappa shape index (κ3) is 8.68. The molecule has 0 saturated heterocycles. The molecular weight excluding hydrogens is 444 g/mol. The maximum atomic E-state index is 13.2. The first-order valence-electron chi connectivity index (χ1n) is 12.2. The number of allylic oxidation sites excluding steroid dienone is 2. The number of carbonyl (C=O) groups excluding carboxylic acids is 3. The van der Waals surface area contributed by atoms with Crippen molar-refractivity contribution >= 4 is 17.8 Å². The van der Waals surface area contributed by atoms with Gasteiger partial charge < -0.3 is 20.1 Å². The fourth-order valence-corrected chi connectivity index (χ4v) is 4.03. The first-order valence-corrected chi connectivity index (χ1v) is 12.2. The van der Waals surface area contributed by atoms with Crippen molar-refractivity contribution in [2.75, 3.05) is 19.7 Å². The van der Waals surface area contributed by atoms with E-state index < -0.39 is 12.0 Å². The Labute approximate surface area is 206 Å². The Morgan fingerprint density at radius 2 is 1.74 bits per heavy atom. The zero-order chi connectivity index (χ0) is 24.9. The minimum absolute atomic E-state index is 0.0266. The van der Waals surface area contributed by atoms with Crippen molar-refractivity contribution in [2.24, 2.45) is 5.92 Å². The second-order valence-electron chi connectivity index (χ2n) is 8.66. The summed E-state index contributed by atoms with van der Waals surface area (Å²) >= 11 is 0. The molecule has 1 aliphatic heterocycles. The number of cyclic esters (lactones) is 1. The first kappa shape index (κ1) is 26.2. The number of nitrogens with one attached hydrogen (secondary N) is 1. The molecule has 2 aromatic rings. The predicted molar refractivity (Wildman–Crippen MR) is 133 cm³/mol. The zero-order valence-corrected chi connectivity index (χ0v) is 20.0. The normalized spacial score (nSPS) is 19.5. The van der Waals surface area contributed by atoms with Crippen LogP contribution in [0.4, 0.5) is 0 Å². The summed E-state index contributed by atoms with van der Waals surface area (Å²) in [6, 6.07) is 18.9. The zero-order valence-electron chi connectivity index (χ0n) is 20.0. The van der Waals surface area contributed by atoms with Crippen LogP contribution >= 0.6 is 0 Å². The molecule has 2 atom stereocenters. The highest BCUT2D eigenvalue weighted by Gasteiger charge is 2.26. The molecule has 0 saturated carbocycles. The Morgan fingerprint density at radius 1 is 1.03 bits per heavy atom. The third-order valence-corrected chi connectivity index (χ3v) is 5.98. The molecule has 2 aromatic carbocycles. The number of ether oxygens (including phenoxy) is 1. The highest BCUT2D eigenvalue weighted by molar-refractivity contribution is 5.86. The minimum Gasteiger partial charge on any atom is -0.456 e. The molecule has 186 valence electrons. The van der Waals surface area contributed by atoms with Crippen molar-refractivity contribution in [1.29, 1.82) is 0 Å². The lowest BCUT2D eigenvalue weighted by atomic mass is 9.98. The van der Waals surface area contributed by atoms with Gasteiger partial charge in [0.25, 0.3) is 0 Å². The number of hydrogen-bond acceptors (Lipinski definition) is 5. The van der Waals surface area contributed by atoms with Crippen LogP contribution in [0.25, 0.3) is 0 Å². The number of esters is 1. The van der Waals surface area contributed by atoms with E-state index >= 15 is 0 Å². The molecule has 1 aliphatic rings. The first-order chi connectivity index (χ1) is 17.1. The Kier molecular flexibility index (Phi) is 10.5. The van der Waals surface area contributed by atoms with Gasteiger partial charge in [0.15, 0.2) is 0 Å². The SMILES string of the molecule is O=C1CCCC=CC[C@H](CC(=O)N(CCO)Cc2ccccc2)C(=O)NC[C@@H](c2ccccc2)O1. The second-order valence-corrected chi connectivity index (χ2v) is 8.66. The van der Waals surface area contributed by atoms with Gasteiger partial charge in [-0.1, -0.05) is 72.8 Å². The van der Waals surface area contributed by atoms with Crippen LogP contribution in [0.15, 0.2) is 72.8 Å². The smallest absolute Gasteiger partial charge is 0.306 e. The molecule has 3 rings (SSSR count). The summed E-state index contributed by atoms with van der Waals surface area (Å²) in [5.41, 5.74) is 1.76. The summed E-state index contributed by atoms with van der Waals surface area (Å²) < 4.78 is 5.67. The van der Waals surface area contributed by atoms with Crippen LogP contribution in [0.3, 0.4) is 0 Å². The lowest BCUT2D eigenvalue weighted by Crippen LogP contribution is -2.39. The number of nitrogens with zero attached hydrogens (tertiary/aromatic N) is 1. The van der Waals surface area contributed by atoms with E-state index in [1.807, 2.05) is 72.8 Å². The number of aliphatic hydroxyl groups is 1. The van der Waals surface area contributed by atoms with E-state index in [9.17, 15) is 19.5 Å². The minimum atomic E-state index is -0.596. The predicted octanol–water partition coefficient (Wildman–Crippen LogP) is 3.54. The molecular formula is C28H34N2O5. The van der Waals surface area contributed by atoms with Crippen molar-refractivity contribution in [3.05, 3.63) is 83.9 Å². The number of carbonyl (C=O) groups is 3. The number of amides is 2. The van der Waals surface area contributed by atoms with Gasteiger partial charge in [0.2, 0.25) is 11.8 Å². The van der Waals surface area contributed by atoms with Gasteiger partial charge in [-0.25, -0.2) is 0 Å².